The Hall–Kier alpha value is -0.610. The lowest BCUT2D eigenvalue weighted by molar-refractivity contribution is 0.0951. The first-order valence-corrected chi connectivity index (χ1v) is 6.01. The molecular weight excluding hydrogens is 258 g/mol. The third-order valence-corrected chi connectivity index (χ3v) is 2.85. The summed E-state index contributed by atoms with van der Waals surface area (Å²) >= 11 is 3.27. The highest BCUT2D eigenvalue weighted by atomic mass is 79.9. The van der Waals surface area contributed by atoms with Crippen molar-refractivity contribution in [3.8, 4) is 0 Å². The summed E-state index contributed by atoms with van der Waals surface area (Å²) in [5.41, 5.74) is 5.38. The fourth-order valence-corrected chi connectivity index (χ4v) is 1.81. The molecule has 1 aromatic heterocycles. The minimum absolute atomic E-state index is 0.0691. The zero-order valence-corrected chi connectivity index (χ0v) is 10.3. The number of halogens is 1. The maximum absolute atomic E-state index is 11.6. The molecule has 0 saturated heterocycles. The van der Waals surface area contributed by atoms with Crippen LogP contribution in [0.2, 0.25) is 0 Å². The van der Waals surface area contributed by atoms with Gasteiger partial charge in [-0.25, -0.2) is 0 Å². The van der Waals surface area contributed by atoms with Gasteiger partial charge in [0.25, 0.3) is 0 Å². The first-order valence-electron chi connectivity index (χ1n) is 5.22. The fraction of sp³-hybridized carbons (Fsp3) is 0.545. The fourth-order valence-electron chi connectivity index (χ4n) is 1.39. The quantitative estimate of drug-likeness (QED) is 0.614. The SMILES string of the molecule is NCCCCCCC(=O)c1occc1Br. The first kappa shape index (κ1) is 12.5. The minimum atomic E-state index is 0.0691. The summed E-state index contributed by atoms with van der Waals surface area (Å²) in [6.45, 7) is 0.734. The van der Waals surface area contributed by atoms with Gasteiger partial charge in [0, 0.05) is 6.42 Å². The molecule has 1 rings (SSSR count). The Bertz CT molecular complexity index is 309. The van der Waals surface area contributed by atoms with Crippen molar-refractivity contribution in [2.75, 3.05) is 6.54 Å². The van der Waals surface area contributed by atoms with E-state index in [1.165, 1.54) is 6.26 Å². The Balaban J connectivity index is 2.22. The average Bonchev–Trinajstić information content (AvgIpc) is 2.64. The van der Waals surface area contributed by atoms with Gasteiger partial charge in [0.1, 0.15) is 0 Å². The summed E-state index contributed by atoms with van der Waals surface area (Å²) in [5, 5.41) is 0. The van der Waals surface area contributed by atoms with Crippen LogP contribution in [0.5, 0.6) is 0 Å². The predicted molar refractivity (Wildman–Crippen MR) is 62.9 cm³/mol. The second kappa shape index (κ2) is 6.80. The standard InChI is InChI=1S/C11H16BrNO2/c12-9-6-8-15-11(9)10(14)5-3-1-2-4-7-13/h6,8H,1-5,7,13H2. The van der Waals surface area contributed by atoms with Crippen molar-refractivity contribution in [2.45, 2.75) is 32.1 Å². The number of carbonyl (C=O) groups is 1. The zero-order chi connectivity index (χ0) is 11.1. The van der Waals surface area contributed by atoms with Crippen molar-refractivity contribution >= 4 is 21.7 Å². The lowest BCUT2D eigenvalue weighted by Gasteiger charge is -1.99. The van der Waals surface area contributed by atoms with Gasteiger partial charge in [0.15, 0.2) is 11.5 Å². The van der Waals surface area contributed by atoms with E-state index in [2.05, 4.69) is 15.9 Å². The smallest absolute Gasteiger partial charge is 0.199 e. The van der Waals surface area contributed by atoms with E-state index >= 15 is 0 Å². The molecule has 0 aliphatic rings. The molecule has 0 radical (unpaired) electrons. The Morgan fingerprint density at radius 3 is 2.67 bits per heavy atom. The Morgan fingerprint density at radius 1 is 1.33 bits per heavy atom. The molecule has 0 fully saturated rings. The maximum Gasteiger partial charge on any atom is 0.199 e. The van der Waals surface area contributed by atoms with Crippen LogP contribution in [-0.2, 0) is 0 Å². The molecule has 0 saturated carbocycles. The van der Waals surface area contributed by atoms with Gasteiger partial charge in [-0.1, -0.05) is 12.8 Å². The topological polar surface area (TPSA) is 56.2 Å². The van der Waals surface area contributed by atoms with Crippen LogP contribution in [0, 0.1) is 0 Å². The van der Waals surface area contributed by atoms with E-state index in [4.69, 9.17) is 10.2 Å². The van der Waals surface area contributed by atoms with E-state index in [9.17, 15) is 4.79 Å². The van der Waals surface area contributed by atoms with Gasteiger partial charge in [0.2, 0.25) is 0 Å². The van der Waals surface area contributed by atoms with Crippen molar-refractivity contribution in [3.63, 3.8) is 0 Å². The zero-order valence-electron chi connectivity index (χ0n) is 8.67. The molecular formula is C11H16BrNO2. The van der Waals surface area contributed by atoms with Gasteiger partial charge in [-0.2, -0.15) is 0 Å². The van der Waals surface area contributed by atoms with E-state index in [0.29, 0.717) is 12.2 Å². The summed E-state index contributed by atoms with van der Waals surface area (Å²) in [6.07, 6.45) is 6.18. The second-order valence-corrected chi connectivity index (χ2v) is 4.33. The highest BCUT2D eigenvalue weighted by Crippen LogP contribution is 2.20. The molecule has 0 aliphatic heterocycles. The summed E-state index contributed by atoms with van der Waals surface area (Å²) < 4.78 is 5.83. The van der Waals surface area contributed by atoms with Crippen molar-refractivity contribution < 1.29 is 9.21 Å². The lowest BCUT2D eigenvalue weighted by atomic mass is 10.1. The summed E-state index contributed by atoms with van der Waals surface area (Å²) in [6, 6.07) is 1.74. The molecule has 1 heterocycles. The van der Waals surface area contributed by atoms with Crippen molar-refractivity contribution in [1.29, 1.82) is 0 Å². The number of hydrogen-bond donors (Lipinski definition) is 1. The van der Waals surface area contributed by atoms with Gasteiger partial charge < -0.3 is 10.2 Å². The van der Waals surface area contributed by atoms with Crippen LogP contribution in [0.25, 0.3) is 0 Å². The van der Waals surface area contributed by atoms with Crippen LogP contribution in [0.3, 0.4) is 0 Å². The molecule has 0 unspecified atom stereocenters. The number of carbonyl (C=O) groups excluding carboxylic acids is 1. The van der Waals surface area contributed by atoms with Gasteiger partial charge >= 0.3 is 0 Å². The van der Waals surface area contributed by atoms with Gasteiger partial charge in [-0.3, -0.25) is 4.79 Å². The minimum Gasteiger partial charge on any atom is -0.460 e. The van der Waals surface area contributed by atoms with Crippen LogP contribution in [0.4, 0.5) is 0 Å². The first-order chi connectivity index (χ1) is 7.25. The summed E-state index contributed by atoms with van der Waals surface area (Å²) in [7, 11) is 0. The van der Waals surface area contributed by atoms with Gasteiger partial charge in [-0.05, 0) is 41.4 Å². The predicted octanol–water partition coefficient (Wildman–Crippen LogP) is 3.13. The van der Waals surface area contributed by atoms with Crippen LogP contribution in [0.15, 0.2) is 21.2 Å². The number of unbranched alkanes of at least 4 members (excludes halogenated alkanes) is 3. The van der Waals surface area contributed by atoms with Crippen LogP contribution < -0.4 is 5.73 Å². The van der Waals surface area contributed by atoms with E-state index in [-0.39, 0.29) is 5.78 Å². The number of hydrogen-bond acceptors (Lipinski definition) is 3. The largest absolute Gasteiger partial charge is 0.460 e. The Morgan fingerprint density at radius 2 is 2.07 bits per heavy atom. The third kappa shape index (κ3) is 4.18. The van der Waals surface area contributed by atoms with Crippen molar-refractivity contribution in [1.82, 2.24) is 0 Å². The Labute approximate surface area is 98.1 Å². The van der Waals surface area contributed by atoms with Crippen LogP contribution in [-0.4, -0.2) is 12.3 Å². The van der Waals surface area contributed by atoms with Gasteiger partial charge in [0.05, 0.1) is 10.7 Å². The summed E-state index contributed by atoms with van der Waals surface area (Å²) in [4.78, 5) is 11.6. The average molecular weight is 274 g/mol. The maximum atomic E-state index is 11.6. The number of nitrogens with two attached hydrogens (primary N) is 1. The van der Waals surface area contributed by atoms with Crippen molar-refractivity contribution in [3.05, 3.63) is 22.6 Å². The number of ketones is 1. The molecule has 0 aliphatic carbocycles. The number of rotatable bonds is 7. The van der Waals surface area contributed by atoms with E-state index in [1.807, 2.05) is 0 Å². The van der Waals surface area contributed by atoms with Crippen LogP contribution >= 0.6 is 15.9 Å². The molecule has 1 aromatic rings. The molecule has 0 atom stereocenters. The van der Waals surface area contributed by atoms with E-state index < -0.39 is 0 Å². The molecule has 0 aromatic carbocycles. The van der Waals surface area contributed by atoms with Crippen molar-refractivity contribution in [2.24, 2.45) is 5.73 Å². The monoisotopic (exact) mass is 273 g/mol. The van der Waals surface area contributed by atoms with Gasteiger partial charge in [-0.15, -0.1) is 0 Å². The van der Waals surface area contributed by atoms with E-state index in [1.54, 1.807) is 6.07 Å². The molecule has 4 heteroatoms. The third-order valence-electron chi connectivity index (χ3n) is 2.23. The molecule has 2 N–H and O–H groups in total. The molecule has 84 valence electrons. The molecule has 0 bridgehead atoms. The highest BCUT2D eigenvalue weighted by molar-refractivity contribution is 9.10. The molecule has 3 nitrogen and oxygen atoms in total. The van der Waals surface area contributed by atoms with Crippen LogP contribution in [0.1, 0.15) is 42.7 Å². The molecule has 15 heavy (non-hydrogen) atoms. The number of Topliss-reactive ketones (excluding diaryl/α,β-unsaturated/α-hetero) is 1. The second-order valence-electron chi connectivity index (χ2n) is 3.47. The molecule has 0 amide bonds. The highest BCUT2D eigenvalue weighted by Gasteiger charge is 2.12. The Kier molecular flexibility index (Phi) is 5.65. The number of furan rings is 1. The normalized spacial score (nSPS) is 10.5. The van der Waals surface area contributed by atoms with E-state index in [0.717, 1.165) is 36.7 Å². The summed E-state index contributed by atoms with van der Waals surface area (Å²) in [5.74, 6) is 0.508. The lowest BCUT2D eigenvalue weighted by Crippen LogP contribution is -2.00. The molecule has 0 spiro atoms.